The smallest absolute Gasteiger partial charge is 0.321 e. The molecule has 0 spiro atoms. The molecule has 0 bridgehead atoms. The zero-order valence-electron chi connectivity index (χ0n) is 7.20. The molecule has 4 nitrogen and oxygen atoms in total. The van der Waals surface area contributed by atoms with Crippen molar-refractivity contribution in [3.63, 3.8) is 0 Å². The average molecular weight is 191 g/mol. The summed E-state index contributed by atoms with van der Waals surface area (Å²) in [5, 5.41) is 0. The molecular weight excluding hydrogens is 178 g/mol. The van der Waals surface area contributed by atoms with Crippen LogP contribution in [0.3, 0.4) is 0 Å². The highest BCUT2D eigenvalue weighted by molar-refractivity contribution is 7.98. The van der Waals surface area contributed by atoms with Gasteiger partial charge in [-0.1, -0.05) is 0 Å². The first-order valence-electron chi connectivity index (χ1n) is 3.58. The van der Waals surface area contributed by atoms with Crippen LogP contribution in [0.1, 0.15) is 13.3 Å². The minimum absolute atomic E-state index is 0.388. The molecule has 0 rings (SSSR count). The van der Waals surface area contributed by atoms with Gasteiger partial charge in [0.15, 0.2) is 0 Å². The van der Waals surface area contributed by atoms with Crippen LogP contribution in [0.15, 0.2) is 0 Å². The molecule has 12 heavy (non-hydrogen) atoms. The Morgan fingerprint density at radius 2 is 2.42 bits per heavy atom. The lowest BCUT2D eigenvalue weighted by molar-refractivity contribution is -0.150. The highest BCUT2D eigenvalue weighted by Crippen LogP contribution is 1.98. The van der Waals surface area contributed by atoms with Crippen molar-refractivity contribution in [2.45, 2.75) is 19.4 Å². The van der Waals surface area contributed by atoms with Crippen LogP contribution in [0.5, 0.6) is 0 Å². The first-order chi connectivity index (χ1) is 5.70. The molecular formula is C7H13NO3S. The van der Waals surface area contributed by atoms with E-state index in [0.717, 1.165) is 12.0 Å². The van der Waals surface area contributed by atoms with Crippen molar-refractivity contribution in [2.24, 2.45) is 0 Å². The predicted octanol–water partition coefficient (Wildman–Crippen LogP) is 0.375. The van der Waals surface area contributed by atoms with E-state index < -0.39 is 5.97 Å². The fraction of sp³-hybridized carbons (Fsp3) is 0.714. The van der Waals surface area contributed by atoms with Gasteiger partial charge < -0.3 is 9.63 Å². The van der Waals surface area contributed by atoms with E-state index in [-0.39, 0.29) is 6.04 Å². The maximum Gasteiger partial charge on any atom is 0.321 e. The van der Waals surface area contributed by atoms with Crippen LogP contribution in [0, 0.1) is 0 Å². The number of aldehydes is 1. The number of rotatable bonds is 6. The lowest BCUT2D eigenvalue weighted by Gasteiger charge is -2.09. The Kier molecular flexibility index (Phi) is 6.79. The normalized spacial score (nSPS) is 12.2. The number of thioether (sulfide) groups is 1. The largest absolute Gasteiger partial charge is 0.370 e. The third-order valence-corrected chi connectivity index (χ3v) is 1.80. The van der Waals surface area contributed by atoms with Crippen LogP contribution < -0.4 is 5.48 Å². The van der Waals surface area contributed by atoms with Crippen LogP contribution in [-0.4, -0.2) is 30.3 Å². The summed E-state index contributed by atoms with van der Waals surface area (Å²) in [6.07, 6.45) is 3.35. The van der Waals surface area contributed by atoms with E-state index in [9.17, 15) is 9.59 Å². The van der Waals surface area contributed by atoms with Crippen molar-refractivity contribution in [1.29, 1.82) is 0 Å². The maximum atomic E-state index is 10.4. The molecule has 1 atom stereocenters. The monoisotopic (exact) mass is 191 g/mol. The number of carbonyl (C=O) groups excluding carboxylic acids is 2. The Morgan fingerprint density at radius 1 is 1.75 bits per heavy atom. The Hall–Kier alpha value is -0.550. The summed E-state index contributed by atoms with van der Waals surface area (Å²) in [6, 6.07) is -0.388. The first-order valence-corrected chi connectivity index (χ1v) is 4.97. The highest BCUT2D eigenvalue weighted by atomic mass is 32.2. The summed E-state index contributed by atoms with van der Waals surface area (Å²) in [6.45, 7) is 1.28. The zero-order valence-corrected chi connectivity index (χ0v) is 8.02. The fourth-order valence-corrected chi connectivity index (χ4v) is 1.05. The van der Waals surface area contributed by atoms with E-state index in [2.05, 4.69) is 10.3 Å². The van der Waals surface area contributed by atoms with E-state index in [1.807, 2.05) is 6.26 Å². The van der Waals surface area contributed by atoms with Crippen LogP contribution in [-0.2, 0) is 14.4 Å². The van der Waals surface area contributed by atoms with Gasteiger partial charge in [0.1, 0.15) is 6.29 Å². The minimum Gasteiger partial charge on any atom is -0.370 e. The Morgan fingerprint density at radius 3 is 2.83 bits per heavy atom. The second kappa shape index (κ2) is 7.12. The summed E-state index contributed by atoms with van der Waals surface area (Å²) in [7, 11) is 0. The van der Waals surface area contributed by atoms with E-state index in [0.29, 0.717) is 6.42 Å². The Labute approximate surface area is 76.0 Å². The SMILES string of the molecule is CSCC[C@H](C=O)NOC(C)=O. The maximum absolute atomic E-state index is 10.4. The molecule has 0 aliphatic carbocycles. The molecule has 1 N–H and O–H groups in total. The standard InChI is InChI=1S/C7H13NO3S/c1-6(10)11-8-7(5-9)3-4-12-2/h5,7-8H,3-4H2,1-2H3/t7-/m1/s1. The van der Waals surface area contributed by atoms with Crippen molar-refractivity contribution in [2.75, 3.05) is 12.0 Å². The molecule has 70 valence electrons. The van der Waals surface area contributed by atoms with Crippen molar-refractivity contribution < 1.29 is 14.4 Å². The zero-order chi connectivity index (χ0) is 9.40. The molecule has 0 aliphatic heterocycles. The van der Waals surface area contributed by atoms with Gasteiger partial charge in [0.05, 0.1) is 6.04 Å². The number of hydrogen-bond donors (Lipinski definition) is 1. The predicted molar refractivity (Wildman–Crippen MR) is 47.8 cm³/mol. The third-order valence-electron chi connectivity index (χ3n) is 1.15. The number of hydrogen-bond acceptors (Lipinski definition) is 5. The van der Waals surface area contributed by atoms with E-state index >= 15 is 0 Å². The summed E-state index contributed by atoms with van der Waals surface area (Å²) in [5.41, 5.74) is 2.37. The van der Waals surface area contributed by atoms with Gasteiger partial charge in [0, 0.05) is 6.92 Å². The molecule has 5 heteroatoms. The number of carbonyl (C=O) groups is 2. The second-order valence-corrected chi connectivity index (χ2v) is 3.22. The van der Waals surface area contributed by atoms with Crippen LogP contribution >= 0.6 is 11.8 Å². The van der Waals surface area contributed by atoms with Crippen LogP contribution in [0.4, 0.5) is 0 Å². The fourth-order valence-electron chi connectivity index (χ4n) is 0.558. The van der Waals surface area contributed by atoms with Crippen molar-refractivity contribution in [1.82, 2.24) is 5.48 Å². The molecule has 0 unspecified atom stereocenters. The molecule has 0 aromatic carbocycles. The first kappa shape index (κ1) is 11.4. The minimum atomic E-state index is -0.439. The quantitative estimate of drug-likeness (QED) is 0.485. The van der Waals surface area contributed by atoms with Gasteiger partial charge in [0.2, 0.25) is 0 Å². The molecule has 0 saturated carbocycles. The van der Waals surface area contributed by atoms with Gasteiger partial charge in [-0.2, -0.15) is 11.8 Å². The highest BCUT2D eigenvalue weighted by Gasteiger charge is 2.06. The molecule has 0 aromatic heterocycles. The molecule has 0 amide bonds. The third kappa shape index (κ3) is 6.18. The van der Waals surface area contributed by atoms with Crippen molar-refractivity contribution in [3.05, 3.63) is 0 Å². The summed E-state index contributed by atoms with van der Waals surface area (Å²) < 4.78 is 0. The second-order valence-electron chi connectivity index (χ2n) is 2.24. The lowest BCUT2D eigenvalue weighted by atomic mass is 10.3. The summed E-state index contributed by atoms with van der Waals surface area (Å²) in [5.74, 6) is 0.420. The lowest BCUT2D eigenvalue weighted by Crippen LogP contribution is -2.32. The molecule has 0 aliphatic rings. The topological polar surface area (TPSA) is 55.4 Å². The van der Waals surface area contributed by atoms with Crippen LogP contribution in [0.2, 0.25) is 0 Å². The van der Waals surface area contributed by atoms with Crippen molar-refractivity contribution >= 4 is 24.0 Å². The van der Waals surface area contributed by atoms with Gasteiger partial charge >= 0.3 is 5.97 Å². The molecule has 0 radical (unpaired) electrons. The van der Waals surface area contributed by atoms with Gasteiger partial charge in [0.25, 0.3) is 0 Å². The summed E-state index contributed by atoms with van der Waals surface area (Å²) >= 11 is 1.64. The van der Waals surface area contributed by atoms with Crippen LogP contribution in [0.25, 0.3) is 0 Å². The van der Waals surface area contributed by atoms with E-state index in [1.54, 1.807) is 11.8 Å². The molecule has 0 saturated heterocycles. The van der Waals surface area contributed by atoms with Crippen molar-refractivity contribution in [3.8, 4) is 0 Å². The van der Waals surface area contributed by atoms with Gasteiger partial charge in [-0.05, 0) is 18.4 Å². The number of nitrogens with one attached hydrogen (secondary N) is 1. The Balaban J connectivity index is 3.52. The summed E-state index contributed by atoms with van der Waals surface area (Å²) in [4.78, 5) is 25.2. The molecule has 0 aromatic rings. The van der Waals surface area contributed by atoms with Gasteiger partial charge in [-0.15, -0.1) is 5.48 Å². The van der Waals surface area contributed by atoms with E-state index in [1.165, 1.54) is 6.92 Å². The van der Waals surface area contributed by atoms with Gasteiger partial charge in [-0.25, -0.2) is 0 Å². The number of hydroxylamine groups is 1. The molecule has 0 heterocycles. The van der Waals surface area contributed by atoms with Gasteiger partial charge in [-0.3, -0.25) is 4.79 Å². The molecule has 0 fully saturated rings. The Bertz CT molecular complexity index is 152. The van der Waals surface area contributed by atoms with E-state index in [4.69, 9.17) is 0 Å². The average Bonchev–Trinajstić information content (AvgIpc) is 2.05.